The van der Waals surface area contributed by atoms with Crippen LogP contribution in [0.3, 0.4) is 0 Å². The molecule has 3 aromatic rings. The van der Waals surface area contributed by atoms with Crippen LogP contribution in [0.1, 0.15) is 15.9 Å². The molecule has 0 saturated heterocycles. The summed E-state index contributed by atoms with van der Waals surface area (Å²) in [5, 5.41) is 5.31. The van der Waals surface area contributed by atoms with Crippen molar-refractivity contribution in [1.29, 1.82) is 0 Å². The maximum atomic E-state index is 13.0. The molecule has 7 nitrogen and oxygen atoms in total. The van der Waals surface area contributed by atoms with Crippen LogP contribution in [0.5, 0.6) is 23.0 Å². The second-order valence-electron chi connectivity index (χ2n) is 6.76. The molecule has 0 aliphatic heterocycles. The van der Waals surface area contributed by atoms with E-state index in [-0.39, 0.29) is 18.3 Å². The lowest BCUT2D eigenvalue weighted by atomic mass is 10.2. The molecule has 3 aromatic carbocycles. The Hall–Kier alpha value is -4.07. The number of carbonyl (C=O) groups excluding carboxylic acids is 2. The number of halogens is 1. The van der Waals surface area contributed by atoms with Crippen LogP contribution in [0.2, 0.25) is 0 Å². The van der Waals surface area contributed by atoms with Crippen molar-refractivity contribution in [2.45, 2.75) is 6.54 Å². The molecule has 2 N–H and O–H groups in total. The Morgan fingerprint density at radius 3 is 1.91 bits per heavy atom. The van der Waals surface area contributed by atoms with E-state index < -0.39 is 5.91 Å². The Kier molecular flexibility index (Phi) is 7.64. The van der Waals surface area contributed by atoms with E-state index in [1.54, 1.807) is 54.6 Å². The van der Waals surface area contributed by atoms with Crippen molar-refractivity contribution in [3.63, 3.8) is 0 Å². The average Bonchev–Trinajstić information content (AvgIpc) is 2.83. The first kappa shape index (κ1) is 22.6. The van der Waals surface area contributed by atoms with Crippen LogP contribution in [0.25, 0.3) is 0 Å². The number of ether oxygens (including phenoxy) is 3. The molecule has 0 aromatic heterocycles. The smallest absolute Gasteiger partial charge is 0.251 e. The number of benzene rings is 3. The van der Waals surface area contributed by atoms with Gasteiger partial charge in [-0.3, -0.25) is 9.59 Å². The summed E-state index contributed by atoms with van der Waals surface area (Å²) in [5.41, 5.74) is 1.18. The summed E-state index contributed by atoms with van der Waals surface area (Å²) < 4.78 is 28.9. The molecule has 2 amide bonds. The lowest BCUT2D eigenvalue weighted by Crippen LogP contribution is -2.36. The largest absolute Gasteiger partial charge is 0.497 e. The molecule has 3 rings (SSSR count). The van der Waals surface area contributed by atoms with Gasteiger partial charge in [-0.05, 0) is 54.1 Å². The third-order valence-electron chi connectivity index (χ3n) is 4.49. The van der Waals surface area contributed by atoms with E-state index in [1.807, 2.05) is 0 Å². The fourth-order valence-electron chi connectivity index (χ4n) is 2.78. The van der Waals surface area contributed by atoms with Crippen molar-refractivity contribution in [1.82, 2.24) is 10.6 Å². The number of rotatable bonds is 9. The first-order valence-corrected chi connectivity index (χ1v) is 9.77. The Labute approximate surface area is 185 Å². The van der Waals surface area contributed by atoms with Gasteiger partial charge in [-0.25, -0.2) is 4.39 Å². The van der Waals surface area contributed by atoms with Gasteiger partial charge in [-0.15, -0.1) is 0 Å². The molecule has 0 bridgehead atoms. The van der Waals surface area contributed by atoms with Crippen molar-refractivity contribution in [3.05, 3.63) is 83.7 Å². The van der Waals surface area contributed by atoms with Crippen LogP contribution in [0, 0.1) is 5.82 Å². The second-order valence-corrected chi connectivity index (χ2v) is 6.76. The fraction of sp³-hybridized carbons (Fsp3) is 0.167. The van der Waals surface area contributed by atoms with Gasteiger partial charge in [-0.2, -0.15) is 0 Å². The van der Waals surface area contributed by atoms with Crippen LogP contribution >= 0.6 is 0 Å². The molecule has 0 spiro atoms. The normalized spacial score (nSPS) is 10.2. The molecule has 0 fully saturated rings. The van der Waals surface area contributed by atoms with Crippen molar-refractivity contribution >= 4 is 11.8 Å². The summed E-state index contributed by atoms with van der Waals surface area (Å²) >= 11 is 0. The van der Waals surface area contributed by atoms with Crippen molar-refractivity contribution in [3.8, 4) is 23.0 Å². The van der Waals surface area contributed by atoms with E-state index >= 15 is 0 Å². The highest BCUT2D eigenvalue weighted by atomic mass is 19.1. The predicted octanol–water partition coefficient (Wildman–Crippen LogP) is 3.68. The van der Waals surface area contributed by atoms with Crippen molar-refractivity contribution < 1.29 is 28.2 Å². The van der Waals surface area contributed by atoms with E-state index in [1.165, 1.54) is 26.4 Å². The summed E-state index contributed by atoms with van der Waals surface area (Å²) in [7, 11) is 2.98. The molecule has 0 radical (unpaired) electrons. The highest BCUT2D eigenvalue weighted by Gasteiger charge is 2.11. The molecule has 0 heterocycles. The third kappa shape index (κ3) is 6.46. The van der Waals surface area contributed by atoms with Gasteiger partial charge in [0.1, 0.15) is 28.8 Å². The van der Waals surface area contributed by atoms with E-state index in [9.17, 15) is 14.0 Å². The van der Waals surface area contributed by atoms with E-state index in [0.717, 1.165) is 5.56 Å². The highest BCUT2D eigenvalue weighted by Crippen LogP contribution is 2.23. The van der Waals surface area contributed by atoms with Gasteiger partial charge in [0, 0.05) is 18.2 Å². The van der Waals surface area contributed by atoms with Gasteiger partial charge < -0.3 is 24.8 Å². The third-order valence-corrected chi connectivity index (χ3v) is 4.49. The number of nitrogens with one attached hydrogen (secondary N) is 2. The van der Waals surface area contributed by atoms with E-state index in [2.05, 4.69) is 10.6 Å². The van der Waals surface area contributed by atoms with Crippen LogP contribution < -0.4 is 24.8 Å². The van der Waals surface area contributed by atoms with Crippen LogP contribution in [-0.2, 0) is 11.3 Å². The zero-order valence-electron chi connectivity index (χ0n) is 17.7. The van der Waals surface area contributed by atoms with Gasteiger partial charge in [0.15, 0.2) is 0 Å². The zero-order valence-corrected chi connectivity index (χ0v) is 17.7. The van der Waals surface area contributed by atoms with Gasteiger partial charge in [-0.1, -0.05) is 12.1 Å². The maximum Gasteiger partial charge on any atom is 0.251 e. The number of methoxy groups -OCH3 is 2. The summed E-state index contributed by atoms with van der Waals surface area (Å²) in [6.07, 6.45) is 0. The number of hydrogen-bond acceptors (Lipinski definition) is 5. The predicted molar refractivity (Wildman–Crippen MR) is 117 cm³/mol. The Balaban J connectivity index is 1.46. The standard InChI is InChI=1S/C24H23FN2O5/c1-30-21-11-17(12-22(13-21)31-2)24(29)27-15-23(28)26-14-16-3-7-19(8-4-16)32-20-9-5-18(25)6-10-20/h3-13H,14-15H2,1-2H3,(H,26,28)(H,27,29). The summed E-state index contributed by atoms with van der Waals surface area (Å²) in [6, 6.07) is 17.6. The second kappa shape index (κ2) is 10.8. The van der Waals surface area contributed by atoms with Gasteiger partial charge in [0.25, 0.3) is 5.91 Å². The van der Waals surface area contributed by atoms with E-state index in [0.29, 0.717) is 35.1 Å². The Morgan fingerprint density at radius 2 is 1.34 bits per heavy atom. The fourth-order valence-corrected chi connectivity index (χ4v) is 2.78. The van der Waals surface area contributed by atoms with Crippen molar-refractivity contribution in [2.75, 3.05) is 20.8 Å². The lowest BCUT2D eigenvalue weighted by molar-refractivity contribution is -0.120. The first-order chi connectivity index (χ1) is 15.5. The molecule has 8 heteroatoms. The lowest BCUT2D eigenvalue weighted by Gasteiger charge is -2.10. The molecule has 0 saturated carbocycles. The minimum absolute atomic E-state index is 0.176. The van der Waals surface area contributed by atoms with Crippen LogP contribution in [-0.4, -0.2) is 32.6 Å². The first-order valence-electron chi connectivity index (χ1n) is 9.77. The molecule has 0 aliphatic carbocycles. The number of amides is 2. The quantitative estimate of drug-likeness (QED) is 0.532. The van der Waals surface area contributed by atoms with Crippen LogP contribution in [0.15, 0.2) is 66.7 Å². The zero-order chi connectivity index (χ0) is 22.9. The molecule has 32 heavy (non-hydrogen) atoms. The van der Waals surface area contributed by atoms with E-state index in [4.69, 9.17) is 14.2 Å². The molecular weight excluding hydrogens is 415 g/mol. The SMILES string of the molecule is COc1cc(OC)cc(C(=O)NCC(=O)NCc2ccc(Oc3ccc(F)cc3)cc2)c1. The van der Waals surface area contributed by atoms with Gasteiger partial charge in [0.05, 0.1) is 20.8 Å². The topological polar surface area (TPSA) is 85.9 Å². The molecular formula is C24H23FN2O5. The van der Waals surface area contributed by atoms with Gasteiger partial charge >= 0.3 is 0 Å². The molecule has 0 atom stereocenters. The number of carbonyl (C=O) groups is 2. The summed E-state index contributed by atoms with van der Waals surface area (Å²) in [5.74, 6) is 0.989. The minimum Gasteiger partial charge on any atom is -0.497 e. The number of hydrogen-bond donors (Lipinski definition) is 2. The molecule has 166 valence electrons. The average molecular weight is 438 g/mol. The summed E-state index contributed by atoms with van der Waals surface area (Å²) in [6.45, 7) is 0.114. The Morgan fingerprint density at radius 1 is 0.781 bits per heavy atom. The Bertz CT molecular complexity index is 1050. The molecule has 0 aliphatic rings. The van der Waals surface area contributed by atoms with Crippen molar-refractivity contribution in [2.24, 2.45) is 0 Å². The monoisotopic (exact) mass is 438 g/mol. The van der Waals surface area contributed by atoms with Crippen LogP contribution in [0.4, 0.5) is 4.39 Å². The maximum absolute atomic E-state index is 13.0. The highest BCUT2D eigenvalue weighted by molar-refractivity contribution is 5.97. The van der Waals surface area contributed by atoms with Gasteiger partial charge in [0.2, 0.25) is 5.91 Å². The summed E-state index contributed by atoms with van der Waals surface area (Å²) in [4.78, 5) is 24.4. The molecule has 0 unspecified atom stereocenters. The minimum atomic E-state index is -0.417.